The Balaban J connectivity index is 1.54. The largest absolute Gasteiger partial charge is 0.502 e. The predicted octanol–water partition coefficient (Wildman–Crippen LogP) is 4.65. The Morgan fingerprint density at radius 3 is 2.74 bits per heavy atom. The van der Waals surface area contributed by atoms with E-state index in [1.54, 1.807) is 42.6 Å². The van der Waals surface area contributed by atoms with Crippen LogP contribution in [-0.2, 0) is 0 Å². The number of hydrogen-bond donors (Lipinski definition) is 2. The molecule has 7 nitrogen and oxygen atoms in total. The van der Waals surface area contributed by atoms with Crippen molar-refractivity contribution in [3.8, 4) is 17.2 Å². The maximum atomic E-state index is 10.3. The van der Waals surface area contributed by atoms with Gasteiger partial charge >= 0.3 is 0 Å². The lowest BCUT2D eigenvalue weighted by Crippen LogP contribution is -2.33. The number of anilines is 1. The summed E-state index contributed by atoms with van der Waals surface area (Å²) in [4.78, 5) is 10.2. The van der Waals surface area contributed by atoms with E-state index in [-0.39, 0.29) is 6.61 Å². The highest BCUT2D eigenvalue weighted by atomic mass is 35.5. The van der Waals surface area contributed by atoms with E-state index in [9.17, 15) is 5.11 Å². The molecule has 8 heteroatoms. The first-order valence-corrected chi connectivity index (χ1v) is 10.5. The van der Waals surface area contributed by atoms with Gasteiger partial charge in [0.25, 0.3) is 0 Å². The van der Waals surface area contributed by atoms with E-state index in [1.165, 1.54) is 12.8 Å². The molecule has 2 aromatic carbocycles. The number of fused-ring (bicyclic) bond motifs is 1. The van der Waals surface area contributed by atoms with Gasteiger partial charge in [0, 0.05) is 24.2 Å². The molecule has 0 saturated carbocycles. The van der Waals surface area contributed by atoms with Crippen molar-refractivity contribution in [3.63, 3.8) is 0 Å². The van der Waals surface area contributed by atoms with Gasteiger partial charge < -0.3 is 25.2 Å². The van der Waals surface area contributed by atoms with E-state index >= 15 is 0 Å². The number of nitrogens with zero attached hydrogens (tertiary/aromatic N) is 3. The molecule has 0 aliphatic carbocycles. The van der Waals surface area contributed by atoms with Crippen molar-refractivity contribution >= 4 is 33.9 Å². The summed E-state index contributed by atoms with van der Waals surface area (Å²) in [5.74, 6) is 1.46. The van der Waals surface area contributed by atoms with Crippen LogP contribution < -0.4 is 15.2 Å². The maximum Gasteiger partial charge on any atom is 0.229 e. The average molecular weight is 439 g/mol. The lowest BCUT2D eigenvalue weighted by Gasteiger charge is -2.20. The summed E-state index contributed by atoms with van der Waals surface area (Å²) in [5, 5.41) is 11.4. The van der Waals surface area contributed by atoms with Crippen molar-refractivity contribution in [3.05, 3.63) is 59.0 Å². The molecule has 0 radical (unpaired) electrons. The van der Waals surface area contributed by atoms with Crippen LogP contribution in [0.2, 0.25) is 5.02 Å². The van der Waals surface area contributed by atoms with E-state index in [0.717, 1.165) is 13.1 Å². The van der Waals surface area contributed by atoms with Crippen LogP contribution in [0, 0.1) is 6.57 Å². The minimum Gasteiger partial charge on any atom is -0.502 e. The van der Waals surface area contributed by atoms with Gasteiger partial charge in [-0.2, -0.15) is 0 Å². The smallest absolute Gasteiger partial charge is 0.229 e. The molecule has 0 amide bonds. The number of benzene rings is 2. The zero-order chi connectivity index (χ0) is 21.8. The number of aliphatic hydroxyl groups is 1. The molecule has 1 aliphatic rings. The summed E-state index contributed by atoms with van der Waals surface area (Å²) in [5.41, 5.74) is 7.18. The normalized spacial score (nSPS) is 15.0. The number of β-amino-alcohol motifs (C(OH)–C–C–N with tert-alkyl or cyclic N) is 1. The van der Waals surface area contributed by atoms with Crippen LogP contribution >= 0.6 is 11.6 Å². The highest BCUT2D eigenvalue weighted by Gasteiger charge is 2.17. The molecule has 160 valence electrons. The molecule has 31 heavy (non-hydrogen) atoms. The van der Waals surface area contributed by atoms with Gasteiger partial charge in [-0.25, -0.2) is 4.85 Å². The number of rotatable bonds is 7. The van der Waals surface area contributed by atoms with Gasteiger partial charge in [0.1, 0.15) is 30.0 Å². The number of aromatic nitrogens is 1. The van der Waals surface area contributed by atoms with Crippen LogP contribution in [0.5, 0.6) is 17.2 Å². The number of aliphatic hydroxyl groups excluding tert-OH is 1. The summed E-state index contributed by atoms with van der Waals surface area (Å²) < 4.78 is 11.8. The average Bonchev–Trinajstić information content (AvgIpc) is 3.27. The topological polar surface area (TPSA) is 85.2 Å². The molecule has 4 rings (SSSR count). The number of nitrogen functional groups attached to an aromatic ring is 1. The number of likely N-dealkylation sites (tertiary alicyclic amines) is 1. The monoisotopic (exact) mass is 438 g/mol. The highest BCUT2D eigenvalue weighted by molar-refractivity contribution is 6.33. The van der Waals surface area contributed by atoms with Crippen LogP contribution in [0.25, 0.3) is 15.7 Å². The van der Waals surface area contributed by atoms with Gasteiger partial charge in [0.2, 0.25) is 5.69 Å². The first-order chi connectivity index (χ1) is 15.0. The van der Waals surface area contributed by atoms with Crippen LogP contribution in [0.15, 0.2) is 42.6 Å². The highest BCUT2D eigenvalue weighted by Crippen LogP contribution is 2.38. The van der Waals surface area contributed by atoms with Crippen molar-refractivity contribution in [1.29, 1.82) is 0 Å². The molecule has 3 N–H and O–H groups in total. The number of nitrogens with two attached hydrogens (primary N) is 1. The summed E-state index contributed by atoms with van der Waals surface area (Å²) in [7, 11) is 0. The molecule has 0 bridgehead atoms. The molecule has 1 aromatic heterocycles. The summed E-state index contributed by atoms with van der Waals surface area (Å²) in [6.45, 7) is 10.3. The standard InChI is InChI=1S/C23H23ClN4O3/c1-26-21-11-17-20(12-23(21)30-14-15(29)13-28-8-2-3-9-28)27-7-6-22(17)31-16-4-5-19(25)18(24)10-16/h4-7,10-12,15,29H,2-3,8-9,13-14,25H2/t15-/m1/s1. The minimum atomic E-state index is -0.620. The first kappa shape index (κ1) is 21.2. The van der Waals surface area contributed by atoms with Gasteiger partial charge in [-0.05, 0) is 56.3 Å². The Bertz CT molecular complexity index is 1130. The lowest BCUT2D eigenvalue weighted by atomic mass is 10.1. The third kappa shape index (κ3) is 5.00. The van der Waals surface area contributed by atoms with Gasteiger partial charge in [-0.15, -0.1) is 0 Å². The molecular weight excluding hydrogens is 416 g/mol. The molecule has 0 spiro atoms. The van der Waals surface area contributed by atoms with Gasteiger partial charge in [0.05, 0.1) is 22.8 Å². The van der Waals surface area contributed by atoms with E-state index in [4.69, 9.17) is 33.4 Å². The lowest BCUT2D eigenvalue weighted by molar-refractivity contribution is 0.0762. The molecule has 1 fully saturated rings. The molecular formula is C23H23ClN4O3. The Labute approximate surface area is 185 Å². The van der Waals surface area contributed by atoms with E-state index in [0.29, 0.717) is 51.1 Å². The second-order valence-corrected chi connectivity index (χ2v) is 7.92. The van der Waals surface area contributed by atoms with Crippen molar-refractivity contribution in [2.75, 3.05) is 32.0 Å². The van der Waals surface area contributed by atoms with Crippen molar-refractivity contribution in [2.24, 2.45) is 0 Å². The molecule has 3 aromatic rings. The van der Waals surface area contributed by atoms with Gasteiger partial charge in [0.15, 0.2) is 0 Å². The summed E-state index contributed by atoms with van der Waals surface area (Å²) in [6.07, 6.45) is 3.34. The first-order valence-electron chi connectivity index (χ1n) is 10.1. The molecule has 0 unspecified atom stereocenters. The number of halogens is 1. The third-order valence-corrected chi connectivity index (χ3v) is 5.53. The van der Waals surface area contributed by atoms with Gasteiger partial charge in [-0.3, -0.25) is 4.98 Å². The van der Waals surface area contributed by atoms with Gasteiger partial charge in [-0.1, -0.05) is 11.6 Å². The quantitative estimate of drug-likeness (QED) is 0.412. The summed E-state index contributed by atoms with van der Waals surface area (Å²) in [6, 6.07) is 10.1. The van der Waals surface area contributed by atoms with Crippen molar-refractivity contribution < 1.29 is 14.6 Å². The molecule has 2 heterocycles. The molecule has 1 saturated heterocycles. The number of pyridine rings is 1. The zero-order valence-corrected chi connectivity index (χ0v) is 17.7. The third-order valence-electron chi connectivity index (χ3n) is 5.20. The van der Waals surface area contributed by atoms with Crippen LogP contribution in [-0.4, -0.2) is 47.3 Å². The minimum absolute atomic E-state index is 0.116. The Hall–Kier alpha value is -3.05. The Morgan fingerprint density at radius 1 is 1.19 bits per heavy atom. The summed E-state index contributed by atoms with van der Waals surface area (Å²) >= 11 is 6.08. The van der Waals surface area contributed by atoms with E-state index < -0.39 is 6.10 Å². The van der Waals surface area contributed by atoms with Crippen LogP contribution in [0.1, 0.15) is 12.8 Å². The molecule has 1 aliphatic heterocycles. The number of hydrogen-bond acceptors (Lipinski definition) is 6. The number of ether oxygens (including phenoxy) is 2. The second kappa shape index (κ2) is 9.40. The Morgan fingerprint density at radius 2 is 2.00 bits per heavy atom. The van der Waals surface area contributed by atoms with Crippen molar-refractivity contribution in [1.82, 2.24) is 9.88 Å². The van der Waals surface area contributed by atoms with E-state index in [1.807, 2.05) is 0 Å². The van der Waals surface area contributed by atoms with E-state index in [2.05, 4.69) is 14.7 Å². The zero-order valence-electron chi connectivity index (χ0n) is 16.9. The predicted molar refractivity (Wildman–Crippen MR) is 121 cm³/mol. The second-order valence-electron chi connectivity index (χ2n) is 7.52. The maximum absolute atomic E-state index is 10.3. The SMILES string of the molecule is [C-]#[N+]c1cc2c(Oc3ccc(N)c(Cl)c3)ccnc2cc1OC[C@H](O)CN1CCCC1. The fourth-order valence-corrected chi connectivity index (χ4v) is 3.80. The Kier molecular flexibility index (Phi) is 6.42. The molecule has 1 atom stereocenters. The fourth-order valence-electron chi connectivity index (χ4n) is 3.63. The van der Waals surface area contributed by atoms with Crippen molar-refractivity contribution in [2.45, 2.75) is 18.9 Å². The van der Waals surface area contributed by atoms with Crippen LogP contribution in [0.4, 0.5) is 11.4 Å². The fraction of sp³-hybridized carbons (Fsp3) is 0.304. The van der Waals surface area contributed by atoms with Crippen LogP contribution in [0.3, 0.4) is 0 Å².